The minimum atomic E-state index is -3.07. The van der Waals surface area contributed by atoms with Crippen LogP contribution in [0.3, 0.4) is 0 Å². The predicted molar refractivity (Wildman–Crippen MR) is 92.4 cm³/mol. The molecule has 1 aromatic carbocycles. The first-order valence-electron chi connectivity index (χ1n) is 7.99. The van der Waals surface area contributed by atoms with Crippen LogP contribution in [-0.2, 0) is 16.4 Å². The first kappa shape index (κ1) is 16.7. The molecular formula is C17H21N3O3S. The van der Waals surface area contributed by atoms with Gasteiger partial charge < -0.3 is 5.32 Å². The lowest BCUT2D eigenvalue weighted by Crippen LogP contribution is -2.28. The second-order valence-electron chi connectivity index (χ2n) is 6.36. The van der Waals surface area contributed by atoms with E-state index in [-0.39, 0.29) is 18.2 Å². The fraction of sp³-hybridized carbons (Fsp3) is 0.412. The van der Waals surface area contributed by atoms with E-state index >= 15 is 0 Å². The quantitative estimate of drug-likeness (QED) is 0.827. The van der Waals surface area contributed by atoms with E-state index in [0.29, 0.717) is 5.56 Å². The van der Waals surface area contributed by atoms with Crippen LogP contribution in [0.15, 0.2) is 36.7 Å². The number of nitrogens with zero attached hydrogens (tertiary/aromatic N) is 2. The number of nitrogens with one attached hydrogen (secondary N) is 1. The van der Waals surface area contributed by atoms with Crippen LogP contribution in [0.5, 0.6) is 0 Å². The van der Waals surface area contributed by atoms with Crippen molar-refractivity contribution in [1.29, 1.82) is 0 Å². The molecule has 2 aromatic rings. The molecule has 0 spiro atoms. The summed E-state index contributed by atoms with van der Waals surface area (Å²) in [7, 11) is -3.07. The number of benzene rings is 1. The SMILES string of the molecule is CS(=O)(=O)CCNC(=O)c1ccc(-c2cnn(CC3CC3)c2)cc1. The number of carbonyl (C=O) groups excluding carboxylic acids is 1. The van der Waals surface area contributed by atoms with Gasteiger partial charge in [-0.05, 0) is 36.5 Å². The van der Waals surface area contributed by atoms with Crippen molar-refractivity contribution in [3.8, 4) is 11.1 Å². The van der Waals surface area contributed by atoms with Crippen molar-refractivity contribution in [2.24, 2.45) is 5.92 Å². The average molecular weight is 347 g/mol. The van der Waals surface area contributed by atoms with Crippen LogP contribution in [0.1, 0.15) is 23.2 Å². The second-order valence-corrected chi connectivity index (χ2v) is 8.62. The lowest BCUT2D eigenvalue weighted by molar-refractivity contribution is 0.0956. The van der Waals surface area contributed by atoms with Crippen LogP contribution >= 0.6 is 0 Å². The van der Waals surface area contributed by atoms with Gasteiger partial charge in [0, 0.05) is 36.7 Å². The molecule has 1 heterocycles. The number of rotatable bonds is 7. The highest BCUT2D eigenvalue weighted by atomic mass is 32.2. The minimum absolute atomic E-state index is 0.0585. The van der Waals surface area contributed by atoms with Gasteiger partial charge in [-0.25, -0.2) is 8.42 Å². The maximum absolute atomic E-state index is 12.0. The molecule has 0 bridgehead atoms. The summed E-state index contributed by atoms with van der Waals surface area (Å²) < 4.78 is 24.1. The highest BCUT2D eigenvalue weighted by Crippen LogP contribution is 2.30. The Kier molecular flexibility index (Phi) is 4.71. The summed E-state index contributed by atoms with van der Waals surface area (Å²) in [6, 6.07) is 7.24. The van der Waals surface area contributed by atoms with E-state index in [9.17, 15) is 13.2 Å². The van der Waals surface area contributed by atoms with Crippen molar-refractivity contribution in [2.75, 3.05) is 18.6 Å². The van der Waals surface area contributed by atoms with Crippen LogP contribution in [-0.4, -0.2) is 42.7 Å². The zero-order valence-corrected chi connectivity index (χ0v) is 14.4. The fourth-order valence-electron chi connectivity index (χ4n) is 2.44. The molecule has 1 aliphatic rings. The molecule has 1 N–H and O–H groups in total. The molecule has 1 fully saturated rings. The minimum Gasteiger partial charge on any atom is -0.351 e. The van der Waals surface area contributed by atoms with Gasteiger partial charge in [0.05, 0.1) is 11.9 Å². The normalized spacial score (nSPS) is 14.5. The molecule has 1 aliphatic carbocycles. The van der Waals surface area contributed by atoms with Crippen LogP contribution in [0.2, 0.25) is 0 Å². The molecule has 0 aliphatic heterocycles. The van der Waals surface area contributed by atoms with Crippen molar-refractivity contribution >= 4 is 15.7 Å². The van der Waals surface area contributed by atoms with Gasteiger partial charge in [-0.15, -0.1) is 0 Å². The maximum Gasteiger partial charge on any atom is 0.251 e. The van der Waals surface area contributed by atoms with Gasteiger partial charge in [-0.1, -0.05) is 12.1 Å². The number of aromatic nitrogens is 2. The van der Waals surface area contributed by atoms with E-state index in [0.717, 1.165) is 29.8 Å². The van der Waals surface area contributed by atoms with E-state index < -0.39 is 9.84 Å². The Morgan fingerprint density at radius 3 is 2.58 bits per heavy atom. The monoisotopic (exact) mass is 347 g/mol. The molecule has 6 nitrogen and oxygen atoms in total. The lowest BCUT2D eigenvalue weighted by atomic mass is 10.1. The third kappa shape index (κ3) is 4.67. The number of hydrogen-bond acceptors (Lipinski definition) is 4. The molecule has 24 heavy (non-hydrogen) atoms. The molecule has 1 aromatic heterocycles. The molecule has 1 amide bonds. The van der Waals surface area contributed by atoms with E-state index in [1.54, 1.807) is 12.1 Å². The third-order valence-electron chi connectivity index (χ3n) is 4.01. The highest BCUT2D eigenvalue weighted by molar-refractivity contribution is 7.90. The topological polar surface area (TPSA) is 81.1 Å². The lowest BCUT2D eigenvalue weighted by Gasteiger charge is -2.05. The molecule has 0 unspecified atom stereocenters. The average Bonchev–Trinajstić information content (AvgIpc) is 3.21. The van der Waals surface area contributed by atoms with Gasteiger partial charge >= 0.3 is 0 Å². The van der Waals surface area contributed by atoms with E-state index in [2.05, 4.69) is 10.4 Å². The molecule has 0 radical (unpaired) electrons. The van der Waals surface area contributed by atoms with Gasteiger partial charge in [-0.2, -0.15) is 5.10 Å². The van der Waals surface area contributed by atoms with Crippen molar-refractivity contribution < 1.29 is 13.2 Å². The molecule has 0 saturated heterocycles. The van der Waals surface area contributed by atoms with Gasteiger partial charge in [0.15, 0.2) is 0 Å². The maximum atomic E-state index is 12.0. The molecule has 128 valence electrons. The molecule has 1 saturated carbocycles. The summed E-state index contributed by atoms with van der Waals surface area (Å²) in [5.74, 6) is 0.446. The number of amides is 1. The Labute approximate surface area is 141 Å². The Hall–Kier alpha value is -2.15. The molecule has 7 heteroatoms. The van der Waals surface area contributed by atoms with Crippen LogP contribution in [0, 0.1) is 5.92 Å². The first-order chi connectivity index (χ1) is 11.4. The summed E-state index contributed by atoms with van der Waals surface area (Å²) in [6.45, 7) is 1.09. The van der Waals surface area contributed by atoms with E-state index in [1.165, 1.54) is 12.8 Å². The summed E-state index contributed by atoms with van der Waals surface area (Å²) in [5, 5.41) is 6.99. The number of hydrogen-bond donors (Lipinski definition) is 1. The first-order valence-corrected chi connectivity index (χ1v) is 10.1. The molecular weight excluding hydrogens is 326 g/mol. The standard InChI is InChI=1S/C17H21N3O3S/c1-24(22,23)9-8-18-17(21)15-6-4-14(5-7-15)16-10-19-20(12-16)11-13-2-3-13/h4-7,10,12-13H,2-3,8-9,11H2,1H3,(H,18,21). The van der Waals surface area contributed by atoms with Crippen molar-refractivity contribution in [1.82, 2.24) is 15.1 Å². The zero-order chi connectivity index (χ0) is 17.2. The second kappa shape index (κ2) is 6.76. The van der Waals surface area contributed by atoms with Crippen LogP contribution in [0.4, 0.5) is 0 Å². The zero-order valence-electron chi connectivity index (χ0n) is 13.6. The largest absolute Gasteiger partial charge is 0.351 e. The van der Waals surface area contributed by atoms with Gasteiger partial charge in [0.2, 0.25) is 0 Å². The predicted octanol–water partition coefficient (Wildman–Crippen LogP) is 1.73. The Balaban J connectivity index is 1.60. The highest BCUT2D eigenvalue weighted by Gasteiger charge is 2.22. The third-order valence-corrected chi connectivity index (χ3v) is 4.96. The van der Waals surface area contributed by atoms with E-state index in [4.69, 9.17) is 0 Å². The van der Waals surface area contributed by atoms with Gasteiger partial charge in [-0.3, -0.25) is 9.48 Å². The summed E-state index contributed by atoms with van der Waals surface area (Å²) in [4.78, 5) is 12.0. The van der Waals surface area contributed by atoms with Crippen LogP contribution in [0.25, 0.3) is 11.1 Å². The number of sulfone groups is 1. The number of carbonyl (C=O) groups is 1. The Morgan fingerprint density at radius 1 is 1.25 bits per heavy atom. The smallest absolute Gasteiger partial charge is 0.251 e. The van der Waals surface area contributed by atoms with Crippen molar-refractivity contribution in [2.45, 2.75) is 19.4 Å². The van der Waals surface area contributed by atoms with Crippen molar-refractivity contribution in [3.05, 3.63) is 42.2 Å². The fourth-order valence-corrected chi connectivity index (χ4v) is 2.92. The Morgan fingerprint density at radius 2 is 1.96 bits per heavy atom. The molecule has 3 rings (SSSR count). The van der Waals surface area contributed by atoms with Gasteiger partial charge in [0.25, 0.3) is 5.91 Å². The van der Waals surface area contributed by atoms with Gasteiger partial charge in [0.1, 0.15) is 9.84 Å². The Bertz CT molecular complexity index is 821. The summed E-state index contributed by atoms with van der Waals surface area (Å²) in [6.07, 6.45) is 7.59. The summed E-state index contributed by atoms with van der Waals surface area (Å²) in [5.41, 5.74) is 2.54. The van der Waals surface area contributed by atoms with Crippen molar-refractivity contribution in [3.63, 3.8) is 0 Å². The summed E-state index contributed by atoms with van der Waals surface area (Å²) >= 11 is 0. The van der Waals surface area contributed by atoms with E-state index in [1.807, 2.05) is 29.2 Å². The molecule has 0 atom stereocenters. The van der Waals surface area contributed by atoms with Crippen LogP contribution < -0.4 is 5.32 Å².